The molecule has 2 rings (SSSR count). The maximum absolute atomic E-state index is 4.48. The molecule has 1 unspecified atom stereocenters. The van der Waals surface area contributed by atoms with Crippen LogP contribution in [-0.2, 0) is 6.42 Å². The highest BCUT2D eigenvalue weighted by Gasteiger charge is 2.25. The van der Waals surface area contributed by atoms with Gasteiger partial charge in [0.2, 0.25) is 0 Å². The topological polar surface area (TPSA) is 55.1 Å². The number of fused-ring (bicyclic) bond motifs is 1. The van der Waals surface area contributed by atoms with E-state index in [1.165, 1.54) is 0 Å². The Kier molecular flexibility index (Phi) is 4.14. The van der Waals surface area contributed by atoms with E-state index in [-0.39, 0.29) is 5.41 Å². The summed E-state index contributed by atoms with van der Waals surface area (Å²) in [6.07, 6.45) is 7.41. The molecule has 0 radical (unpaired) electrons. The Labute approximate surface area is 114 Å². The van der Waals surface area contributed by atoms with E-state index in [2.05, 4.69) is 48.2 Å². The number of hydrogen-bond donors (Lipinski definition) is 1. The van der Waals surface area contributed by atoms with Crippen molar-refractivity contribution in [2.75, 3.05) is 6.54 Å². The van der Waals surface area contributed by atoms with Crippen LogP contribution >= 0.6 is 0 Å². The number of nitrogens with one attached hydrogen (secondary N) is 1. The zero-order chi connectivity index (χ0) is 13.9. The summed E-state index contributed by atoms with van der Waals surface area (Å²) in [7, 11) is 0. The maximum atomic E-state index is 4.48. The van der Waals surface area contributed by atoms with Crippen LogP contribution in [0.4, 0.5) is 0 Å². The van der Waals surface area contributed by atoms with Crippen molar-refractivity contribution >= 4 is 5.65 Å². The first-order valence-corrected chi connectivity index (χ1v) is 6.89. The molecule has 0 amide bonds. The zero-order valence-corrected chi connectivity index (χ0v) is 12.2. The second-order valence-corrected chi connectivity index (χ2v) is 6.01. The molecule has 5 heteroatoms. The van der Waals surface area contributed by atoms with Crippen LogP contribution < -0.4 is 5.32 Å². The van der Waals surface area contributed by atoms with Crippen LogP contribution in [0.25, 0.3) is 5.65 Å². The third kappa shape index (κ3) is 3.29. The minimum Gasteiger partial charge on any atom is -0.313 e. The summed E-state index contributed by atoms with van der Waals surface area (Å²) in [5.41, 5.74) is 2.04. The van der Waals surface area contributed by atoms with Gasteiger partial charge in [-0.1, -0.05) is 27.7 Å². The van der Waals surface area contributed by atoms with Crippen molar-refractivity contribution in [3.8, 4) is 0 Å². The van der Waals surface area contributed by atoms with Crippen molar-refractivity contribution in [2.45, 2.75) is 46.6 Å². The fraction of sp³-hybridized carbons (Fsp3) is 0.643. The Morgan fingerprint density at radius 1 is 1.37 bits per heavy atom. The van der Waals surface area contributed by atoms with E-state index >= 15 is 0 Å². The summed E-state index contributed by atoms with van der Waals surface area (Å²) < 4.78 is 1.92. The van der Waals surface area contributed by atoms with E-state index in [0.29, 0.717) is 6.04 Å². The number of rotatable bonds is 5. The van der Waals surface area contributed by atoms with Crippen LogP contribution in [0.1, 0.15) is 39.8 Å². The van der Waals surface area contributed by atoms with Gasteiger partial charge < -0.3 is 5.32 Å². The molecular formula is C14H23N5. The third-order valence-corrected chi connectivity index (χ3v) is 3.37. The van der Waals surface area contributed by atoms with Crippen LogP contribution in [0.5, 0.6) is 0 Å². The molecule has 0 saturated carbocycles. The summed E-state index contributed by atoms with van der Waals surface area (Å²) >= 11 is 0. The fourth-order valence-electron chi connectivity index (χ4n) is 2.15. The van der Waals surface area contributed by atoms with Crippen molar-refractivity contribution in [2.24, 2.45) is 5.41 Å². The lowest BCUT2D eigenvalue weighted by Gasteiger charge is -2.31. The first-order chi connectivity index (χ1) is 9.02. The van der Waals surface area contributed by atoms with Crippen molar-refractivity contribution in [1.82, 2.24) is 24.9 Å². The van der Waals surface area contributed by atoms with Gasteiger partial charge in [-0.3, -0.25) is 9.38 Å². The molecule has 0 aliphatic heterocycles. The largest absolute Gasteiger partial charge is 0.313 e. The Balaban J connectivity index is 2.23. The van der Waals surface area contributed by atoms with Gasteiger partial charge in [0, 0.05) is 24.9 Å². The van der Waals surface area contributed by atoms with E-state index in [1.807, 2.05) is 16.8 Å². The summed E-state index contributed by atoms with van der Waals surface area (Å²) in [5, 5.41) is 11.7. The first kappa shape index (κ1) is 13.9. The molecular weight excluding hydrogens is 238 g/mol. The second kappa shape index (κ2) is 5.65. The normalized spacial score (nSPS) is 13.9. The van der Waals surface area contributed by atoms with Crippen LogP contribution in [0.3, 0.4) is 0 Å². The number of nitrogens with zero attached hydrogens (tertiary/aromatic N) is 4. The van der Waals surface area contributed by atoms with Gasteiger partial charge in [0.1, 0.15) is 6.33 Å². The molecule has 19 heavy (non-hydrogen) atoms. The predicted octanol–water partition coefficient (Wildman–Crippen LogP) is 2.08. The van der Waals surface area contributed by atoms with Gasteiger partial charge in [-0.2, -0.15) is 0 Å². The molecule has 0 spiro atoms. The van der Waals surface area contributed by atoms with E-state index in [4.69, 9.17) is 0 Å². The van der Waals surface area contributed by atoms with Crippen LogP contribution in [0, 0.1) is 5.41 Å². The molecule has 0 aliphatic carbocycles. The lowest BCUT2D eigenvalue weighted by Crippen LogP contribution is -2.42. The summed E-state index contributed by atoms with van der Waals surface area (Å²) in [6, 6.07) is 0.378. The summed E-state index contributed by atoms with van der Waals surface area (Å²) in [5.74, 6) is 0. The molecule has 0 aliphatic rings. The molecule has 2 aromatic heterocycles. The standard InChI is InChI=1S/C14H23N5/c1-5-6-16-12(14(2,3)4)9-11-13-18-17-10-19(13)8-7-15-11/h7-8,10,12,16H,5-6,9H2,1-4H3. The van der Waals surface area contributed by atoms with Crippen molar-refractivity contribution < 1.29 is 0 Å². The average molecular weight is 261 g/mol. The second-order valence-electron chi connectivity index (χ2n) is 6.01. The molecule has 1 N–H and O–H groups in total. The average Bonchev–Trinajstić information content (AvgIpc) is 2.81. The van der Waals surface area contributed by atoms with E-state index < -0.39 is 0 Å². The SMILES string of the molecule is CCCNC(Cc1nccn2cnnc12)C(C)(C)C. The van der Waals surface area contributed by atoms with Crippen LogP contribution in [-0.4, -0.2) is 32.2 Å². The van der Waals surface area contributed by atoms with Crippen LogP contribution in [0.2, 0.25) is 0 Å². The Morgan fingerprint density at radius 2 is 2.16 bits per heavy atom. The molecule has 0 aromatic carbocycles. The monoisotopic (exact) mass is 261 g/mol. The maximum Gasteiger partial charge on any atom is 0.182 e. The minimum absolute atomic E-state index is 0.184. The molecule has 5 nitrogen and oxygen atoms in total. The molecule has 0 saturated heterocycles. The highest BCUT2D eigenvalue weighted by molar-refractivity contribution is 5.42. The van der Waals surface area contributed by atoms with E-state index in [1.54, 1.807) is 6.33 Å². The predicted molar refractivity (Wildman–Crippen MR) is 76.0 cm³/mol. The van der Waals surface area contributed by atoms with Crippen LogP contribution in [0.15, 0.2) is 18.7 Å². The van der Waals surface area contributed by atoms with Crippen molar-refractivity contribution in [3.63, 3.8) is 0 Å². The quantitative estimate of drug-likeness (QED) is 0.895. The smallest absolute Gasteiger partial charge is 0.182 e. The van der Waals surface area contributed by atoms with Gasteiger partial charge >= 0.3 is 0 Å². The van der Waals surface area contributed by atoms with Gasteiger partial charge in [0.05, 0.1) is 5.69 Å². The molecule has 0 bridgehead atoms. The Bertz CT molecular complexity index is 526. The molecule has 2 aromatic rings. The van der Waals surface area contributed by atoms with Gasteiger partial charge in [-0.05, 0) is 18.4 Å². The summed E-state index contributed by atoms with van der Waals surface area (Å²) in [6.45, 7) is 9.97. The fourth-order valence-corrected chi connectivity index (χ4v) is 2.15. The lowest BCUT2D eigenvalue weighted by atomic mass is 9.84. The zero-order valence-electron chi connectivity index (χ0n) is 12.2. The van der Waals surface area contributed by atoms with Gasteiger partial charge in [0.15, 0.2) is 5.65 Å². The lowest BCUT2D eigenvalue weighted by molar-refractivity contribution is 0.265. The van der Waals surface area contributed by atoms with Crippen molar-refractivity contribution in [3.05, 3.63) is 24.4 Å². The number of aromatic nitrogens is 4. The van der Waals surface area contributed by atoms with E-state index in [9.17, 15) is 0 Å². The van der Waals surface area contributed by atoms with Gasteiger partial charge in [-0.15, -0.1) is 10.2 Å². The first-order valence-electron chi connectivity index (χ1n) is 6.89. The third-order valence-electron chi connectivity index (χ3n) is 3.37. The Hall–Kier alpha value is -1.49. The highest BCUT2D eigenvalue weighted by Crippen LogP contribution is 2.23. The van der Waals surface area contributed by atoms with Gasteiger partial charge in [-0.25, -0.2) is 0 Å². The summed E-state index contributed by atoms with van der Waals surface area (Å²) in [4.78, 5) is 4.48. The van der Waals surface area contributed by atoms with E-state index in [0.717, 1.165) is 30.7 Å². The molecule has 2 heterocycles. The number of hydrogen-bond acceptors (Lipinski definition) is 4. The Morgan fingerprint density at radius 3 is 2.84 bits per heavy atom. The van der Waals surface area contributed by atoms with Crippen molar-refractivity contribution in [1.29, 1.82) is 0 Å². The minimum atomic E-state index is 0.184. The van der Waals surface area contributed by atoms with Gasteiger partial charge in [0.25, 0.3) is 0 Å². The molecule has 104 valence electrons. The molecule has 1 atom stereocenters. The highest BCUT2D eigenvalue weighted by atomic mass is 15.2. The molecule has 0 fully saturated rings.